The molecule has 74 valence electrons. The summed E-state index contributed by atoms with van der Waals surface area (Å²) in [5.74, 6) is 0.931. The van der Waals surface area contributed by atoms with Crippen LogP contribution in [-0.4, -0.2) is 20.8 Å². The molecule has 3 nitrogen and oxygen atoms in total. The summed E-state index contributed by atoms with van der Waals surface area (Å²) in [5.41, 5.74) is 0. The standard InChI is InChI=1S/C10H12N2OS/c1-8(13)7-12-5-4-11-10(12)9-3-2-6-14-9/h2-6,8,13H,7H2,1H3. The quantitative estimate of drug-likeness (QED) is 0.837. The zero-order chi connectivity index (χ0) is 9.97. The van der Waals surface area contributed by atoms with E-state index in [1.165, 1.54) is 0 Å². The third kappa shape index (κ3) is 1.86. The molecule has 0 saturated carbocycles. The van der Waals surface area contributed by atoms with Gasteiger partial charge in [0.2, 0.25) is 0 Å². The van der Waals surface area contributed by atoms with E-state index in [9.17, 15) is 5.11 Å². The summed E-state index contributed by atoms with van der Waals surface area (Å²) < 4.78 is 1.97. The lowest BCUT2D eigenvalue weighted by Crippen LogP contribution is -2.11. The van der Waals surface area contributed by atoms with Gasteiger partial charge in [0.1, 0.15) is 5.82 Å². The number of aromatic nitrogens is 2. The van der Waals surface area contributed by atoms with Crippen LogP contribution in [0.5, 0.6) is 0 Å². The molecule has 0 amide bonds. The molecule has 2 aromatic rings. The number of hydrogen-bond acceptors (Lipinski definition) is 3. The molecule has 14 heavy (non-hydrogen) atoms. The molecule has 0 aliphatic heterocycles. The molecule has 2 rings (SSSR count). The Labute approximate surface area is 86.7 Å². The highest BCUT2D eigenvalue weighted by atomic mass is 32.1. The van der Waals surface area contributed by atoms with Gasteiger partial charge < -0.3 is 9.67 Å². The minimum Gasteiger partial charge on any atom is -0.392 e. The first kappa shape index (κ1) is 9.43. The molecule has 1 N–H and O–H groups in total. The average Bonchev–Trinajstić information content (AvgIpc) is 2.70. The minimum absolute atomic E-state index is 0.345. The lowest BCUT2D eigenvalue weighted by Gasteiger charge is -2.08. The van der Waals surface area contributed by atoms with E-state index in [0.717, 1.165) is 10.7 Å². The normalized spacial score (nSPS) is 13.0. The summed E-state index contributed by atoms with van der Waals surface area (Å²) >= 11 is 1.66. The predicted molar refractivity (Wildman–Crippen MR) is 57.2 cm³/mol. The van der Waals surface area contributed by atoms with Gasteiger partial charge in [0.15, 0.2) is 0 Å². The van der Waals surface area contributed by atoms with Crippen LogP contribution in [0, 0.1) is 0 Å². The maximum atomic E-state index is 9.30. The van der Waals surface area contributed by atoms with Crippen molar-refractivity contribution < 1.29 is 5.11 Å². The van der Waals surface area contributed by atoms with Gasteiger partial charge in [-0.05, 0) is 18.4 Å². The maximum Gasteiger partial charge on any atom is 0.150 e. The fourth-order valence-corrected chi connectivity index (χ4v) is 2.11. The number of imidazole rings is 1. The Morgan fingerprint density at radius 2 is 2.50 bits per heavy atom. The highest BCUT2D eigenvalue weighted by Crippen LogP contribution is 2.22. The van der Waals surface area contributed by atoms with Crippen molar-refractivity contribution in [1.82, 2.24) is 9.55 Å². The Bertz CT molecular complexity index is 392. The van der Waals surface area contributed by atoms with E-state index in [1.54, 1.807) is 24.5 Å². The van der Waals surface area contributed by atoms with Crippen molar-refractivity contribution in [3.63, 3.8) is 0 Å². The van der Waals surface area contributed by atoms with Gasteiger partial charge in [-0.15, -0.1) is 11.3 Å². The molecule has 0 fully saturated rings. The number of aliphatic hydroxyl groups excluding tert-OH is 1. The summed E-state index contributed by atoms with van der Waals surface area (Å²) in [4.78, 5) is 5.41. The van der Waals surface area contributed by atoms with E-state index in [2.05, 4.69) is 4.98 Å². The number of thiophene rings is 1. The lowest BCUT2D eigenvalue weighted by atomic mass is 10.4. The largest absolute Gasteiger partial charge is 0.392 e. The molecule has 0 aromatic carbocycles. The van der Waals surface area contributed by atoms with Gasteiger partial charge >= 0.3 is 0 Å². The van der Waals surface area contributed by atoms with Gasteiger partial charge in [0, 0.05) is 18.9 Å². The Morgan fingerprint density at radius 1 is 1.64 bits per heavy atom. The van der Waals surface area contributed by atoms with Crippen LogP contribution >= 0.6 is 11.3 Å². The molecular weight excluding hydrogens is 196 g/mol. The monoisotopic (exact) mass is 208 g/mol. The minimum atomic E-state index is -0.345. The number of rotatable bonds is 3. The molecule has 0 saturated heterocycles. The van der Waals surface area contributed by atoms with Crippen molar-refractivity contribution in [2.75, 3.05) is 0 Å². The van der Waals surface area contributed by atoms with E-state index in [4.69, 9.17) is 0 Å². The SMILES string of the molecule is CC(O)Cn1ccnc1-c1cccs1. The van der Waals surface area contributed by atoms with E-state index in [-0.39, 0.29) is 6.10 Å². The Hall–Kier alpha value is -1.13. The van der Waals surface area contributed by atoms with Crippen molar-refractivity contribution in [2.45, 2.75) is 19.6 Å². The smallest absolute Gasteiger partial charge is 0.150 e. The van der Waals surface area contributed by atoms with Gasteiger partial charge in [-0.1, -0.05) is 6.07 Å². The maximum absolute atomic E-state index is 9.30. The summed E-state index contributed by atoms with van der Waals surface area (Å²) in [6, 6.07) is 4.03. The second-order valence-corrected chi connectivity index (χ2v) is 4.18. The predicted octanol–water partition coefficient (Wildman–Crippen LogP) is 1.99. The van der Waals surface area contributed by atoms with Crippen molar-refractivity contribution in [3.05, 3.63) is 29.9 Å². The van der Waals surface area contributed by atoms with E-state index in [1.807, 2.05) is 28.3 Å². The molecule has 1 unspecified atom stereocenters. The zero-order valence-electron chi connectivity index (χ0n) is 7.92. The van der Waals surface area contributed by atoms with Crippen molar-refractivity contribution >= 4 is 11.3 Å². The first-order valence-electron chi connectivity index (χ1n) is 4.50. The third-order valence-corrected chi connectivity index (χ3v) is 2.78. The summed E-state index contributed by atoms with van der Waals surface area (Å²) in [6.07, 6.45) is 3.31. The van der Waals surface area contributed by atoms with Crippen LogP contribution in [0.15, 0.2) is 29.9 Å². The third-order valence-electron chi connectivity index (χ3n) is 1.92. The molecule has 0 spiro atoms. The highest BCUT2D eigenvalue weighted by Gasteiger charge is 2.07. The molecule has 0 bridgehead atoms. The van der Waals surface area contributed by atoms with Crippen molar-refractivity contribution in [3.8, 4) is 10.7 Å². The van der Waals surface area contributed by atoms with Crippen LogP contribution in [0.3, 0.4) is 0 Å². The molecule has 4 heteroatoms. The van der Waals surface area contributed by atoms with Crippen LogP contribution in [0.4, 0.5) is 0 Å². The molecule has 1 atom stereocenters. The second kappa shape index (κ2) is 3.94. The topological polar surface area (TPSA) is 38.0 Å². The summed E-state index contributed by atoms with van der Waals surface area (Å²) in [7, 11) is 0. The summed E-state index contributed by atoms with van der Waals surface area (Å²) in [6.45, 7) is 2.37. The number of nitrogens with zero attached hydrogens (tertiary/aromatic N) is 2. The van der Waals surface area contributed by atoms with Crippen LogP contribution in [0.2, 0.25) is 0 Å². The van der Waals surface area contributed by atoms with Gasteiger partial charge in [-0.3, -0.25) is 0 Å². The Balaban J connectivity index is 2.30. The first-order chi connectivity index (χ1) is 6.77. The van der Waals surface area contributed by atoms with Crippen molar-refractivity contribution in [1.29, 1.82) is 0 Å². The molecule has 0 aliphatic carbocycles. The lowest BCUT2D eigenvalue weighted by molar-refractivity contribution is 0.174. The van der Waals surface area contributed by atoms with E-state index in [0.29, 0.717) is 6.54 Å². The average molecular weight is 208 g/mol. The van der Waals surface area contributed by atoms with E-state index < -0.39 is 0 Å². The van der Waals surface area contributed by atoms with Crippen LogP contribution in [-0.2, 0) is 6.54 Å². The van der Waals surface area contributed by atoms with Crippen LogP contribution < -0.4 is 0 Å². The second-order valence-electron chi connectivity index (χ2n) is 3.23. The molecule has 0 aliphatic rings. The van der Waals surface area contributed by atoms with Crippen LogP contribution in [0.25, 0.3) is 10.7 Å². The zero-order valence-corrected chi connectivity index (χ0v) is 8.74. The first-order valence-corrected chi connectivity index (χ1v) is 5.38. The van der Waals surface area contributed by atoms with Gasteiger partial charge in [-0.25, -0.2) is 4.98 Å². The Kier molecular flexibility index (Phi) is 2.65. The molecular formula is C10H12N2OS. The fraction of sp³-hybridized carbons (Fsp3) is 0.300. The molecule has 2 aromatic heterocycles. The summed E-state index contributed by atoms with van der Waals surface area (Å²) in [5, 5.41) is 11.3. The Morgan fingerprint density at radius 3 is 3.14 bits per heavy atom. The number of hydrogen-bond donors (Lipinski definition) is 1. The fourth-order valence-electron chi connectivity index (χ4n) is 1.37. The molecule has 2 heterocycles. The van der Waals surface area contributed by atoms with Gasteiger partial charge in [0.05, 0.1) is 11.0 Å². The van der Waals surface area contributed by atoms with E-state index >= 15 is 0 Å². The van der Waals surface area contributed by atoms with Gasteiger partial charge in [0.25, 0.3) is 0 Å². The number of aliphatic hydroxyl groups is 1. The van der Waals surface area contributed by atoms with Gasteiger partial charge in [-0.2, -0.15) is 0 Å². The highest BCUT2D eigenvalue weighted by molar-refractivity contribution is 7.13. The molecule has 0 radical (unpaired) electrons. The van der Waals surface area contributed by atoms with Crippen LogP contribution in [0.1, 0.15) is 6.92 Å². The van der Waals surface area contributed by atoms with Crippen molar-refractivity contribution in [2.24, 2.45) is 0 Å².